The van der Waals surface area contributed by atoms with Crippen molar-refractivity contribution in [2.45, 2.75) is 162 Å². The van der Waals surface area contributed by atoms with Crippen LogP contribution in [0.25, 0.3) is 25.7 Å². The Morgan fingerprint density at radius 3 is 1.19 bits per heavy atom. The second kappa shape index (κ2) is 46.7. The summed E-state index contributed by atoms with van der Waals surface area (Å²) in [7, 11) is -8.66. The van der Waals surface area contributed by atoms with Gasteiger partial charge < -0.3 is 37.7 Å². The van der Waals surface area contributed by atoms with Crippen molar-refractivity contribution in [3.05, 3.63) is 259 Å². The van der Waals surface area contributed by atoms with Crippen molar-refractivity contribution in [2.75, 3.05) is 88.0 Å². The van der Waals surface area contributed by atoms with Crippen LogP contribution in [-0.2, 0) is 107 Å². The summed E-state index contributed by atoms with van der Waals surface area (Å²) in [6, 6.07) is 90.4. The van der Waals surface area contributed by atoms with Crippen LogP contribution in [-0.4, -0.2) is 155 Å². The van der Waals surface area contributed by atoms with Crippen molar-refractivity contribution in [2.24, 2.45) is 27.1 Å². The average Bonchev–Trinajstić information content (AvgIpc) is 0.738. The van der Waals surface area contributed by atoms with Gasteiger partial charge in [0.2, 0.25) is 0 Å². The van der Waals surface area contributed by atoms with Gasteiger partial charge in [-0.3, -0.25) is 9.59 Å². The van der Waals surface area contributed by atoms with Gasteiger partial charge >= 0.3 is 11.9 Å². The Balaban J connectivity index is 0.000000157. The molecule has 4 saturated carbocycles. The SMILES string of the molecule is CC(F)C(=O)OCC12CC3CC(C1)CC(OC(=O)CS(=O)(=O)[N-]S(C)(=O)=O)(C3)C2.CCC(C)(C)C([O-])=NS(=O)(=O)CC(=O)C(C)F.COCCOc1ccc([S+]2CCCC2)c2ccccc12.COCCOc1ccc([S+]2CCCC2)c2ccccc12.c1ccc([S+](c2ccccc2)c2ccccc2)cc1.c1ccc([S+](c2ccccc2)c2ccccc2)cc1. The maximum absolute atomic E-state index is 13.1. The van der Waals surface area contributed by atoms with Gasteiger partial charge in [0.1, 0.15) is 64.8 Å². The lowest BCUT2D eigenvalue weighted by Gasteiger charge is -2.60. The van der Waals surface area contributed by atoms with E-state index in [1.165, 1.54) is 109 Å². The Bertz CT molecular complexity index is 5020. The summed E-state index contributed by atoms with van der Waals surface area (Å²) in [6.07, 6.45) is 7.01. The number of fused-ring (bicyclic) bond motifs is 2. The number of carbonyl (C=O) groups excluding carboxylic acids is 3. The third-order valence-corrected chi connectivity index (χ3v) is 34.9. The molecule has 6 fully saturated rings. The van der Waals surface area contributed by atoms with Crippen LogP contribution in [0.2, 0.25) is 0 Å². The van der Waals surface area contributed by atoms with Crippen LogP contribution in [0.4, 0.5) is 8.78 Å². The molecule has 27 heteroatoms. The first kappa shape index (κ1) is 97.6. The number of hydrogen-bond acceptors (Lipinski definition) is 16. The van der Waals surface area contributed by atoms with Crippen molar-refractivity contribution in [3.63, 3.8) is 0 Å². The highest BCUT2D eigenvalue weighted by Crippen LogP contribution is 2.63. The zero-order valence-electron chi connectivity index (χ0n) is 71.7. The first-order chi connectivity index (χ1) is 59.4. The highest BCUT2D eigenvalue weighted by atomic mass is 32.3. The molecular weight excluding hydrogens is 1710 g/mol. The lowest BCUT2D eigenvalue weighted by atomic mass is 9.48. The molecule has 4 bridgehead atoms. The first-order valence-corrected chi connectivity index (χ1v) is 52.3. The van der Waals surface area contributed by atoms with Crippen LogP contribution in [0, 0.1) is 22.7 Å². The summed E-state index contributed by atoms with van der Waals surface area (Å²) in [5.41, 5.74) is -2.21. The molecule has 0 amide bonds. The van der Waals surface area contributed by atoms with Crippen molar-refractivity contribution >= 4 is 119 Å². The smallest absolute Gasteiger partial charge is 0.340 e. The molecular formula is C97H114F2N2O16S7+2. The summed E-state index contributed by atoms with van der Waals surface area (Å²) in [5.74, 6) is 1.72. The van der Waals surface area contributed by atoms with E-state index in [0.717, 1.165) is 44.6 Å². The molecule has 4 aliphatic carbocycles. The van der Waals surface area contributed by atoms with Gasteiger partial charge in [0.05, 0.1) is 61.7 Å². The zero-order valence-corrected chi connectivity index (χ0v) is 77.4. The number of alkyl halides is 2. The average molecular weight is 1830 g/mol. The van der Waals surface area contributed by atoms with E-state index < -0.39 is 94.0 Å². The van der Waals surface area contributed by atoms with E-state index >= 15 is 0 Å². The van der Waals surface area contributed by atoms with Crippen LogP contribution in [0.5, 0.6) is 11.5 Å². The van der Waals surface area contributed by atoms with Crippen molar-refractivity contribution in [1.29, 1.82) is 0 Å². The van der Waals surface area contributed by atoms with Gasteiger partial charge in [0, 0.05) is 69.2 Å². The largest absolute Gasteiger partial charge is 0.861 e. The van der Waals surface area contributed by atoms with Gasteiger partial charge in [-0.25, -0.2) is 38.8 Å². The van der Waals surface area contributed by atoms with Gasteiger partial charge in [-0.1, -0.05) is 166 Å². The van der Waals surface area contributed by atoms with Crippen LogP contribution in [0.1, 0.15) is 105 Å². The Hall–Kier alpha value is -8.61. The fourth-order valence-electron chi connectivity index (χ4n) is 16.0. The van der Waals surface area contributed by atoms with Crippen molar-refractivity contribution in [1.82, 2.24) is 0 Å². The molecule has 10 aromatic rings. The monoisotopic (exact) mass is 1820 g/mol. The minimum atomic E-state index is -4.52. The highest BCUT2D eigenvalue weighted by molar-refractivity contribution is 8.12. The molecule has 4 atom stereocenters. The van der Waals surface area contributed by atoms with Gasteiger partial charge in [0.15, 0.2) is 57.3 Å². The normalized spacial score (nSPS) is 18.6. The zero-order chi connectivity index (χ0) is 88.9. The molecule has 2 aliphatic heterocycles. The molecule has 4 unspecified atom stereocenters. The quantitative estimate of drug-likeness (QED) is 0.0133. The van der Waals surface area contributed by atoms with E-state index in [2.05, 4.69) is 263 Å². The topological polar surface area (TPSA) is 259 Å². The number of methoxy groups -OCH3 is 2. The minimum absolute atomic E-state index is 0.0146. The standard InChI is InChI=1S/2C18H15S.C17H25FNO8S2.2C17H21O2S.C10H18FNO4S/c2*1-4-10-16(11-5-1)19(17-12-6-2-7-13-17)18-14-8-3-9-15-18;1-11(18)15(21)26-10-16-4-12-3-13(5-16)7-17(6-12,9-16)27-14(20)8-29(24,25)19-28(2,22)23;2*1-18-10-11-19-16-8-9-17(20-12-4-5-13-20)15-7-3-2-6-14(15)16;1-5-10(3,4)9(14)12-17(15,16)6-8(13)7(2)11/h2*1-15H;11-13H,3-10H2,1-2H3;2*2-3,6-9H,4-5,10-13H2,1H3;7H,5-6H2,1-4H3,(H,12,14)/q2*+1;-1;2*+1;/p-1. The van der Waals surface area contributed by atoms with Crippen LogP contribution in [0.3, 0.4) is 0 Å². The van der Waals surface area contributed by atoms with Gasteiger partial charge in [0.25, 0.3) is 10.0 Å². The van der Waals surface area contributed by atoms with Crippen LogP contribution < -0.4 is 14.6 Å². The number of carbonyl (C=O) groups is 3. The minimum Gasteiger partial charge on any atom is -0.861 e. The van der Waals surface area contributed by atoms with Gasteiger partial charge in [-0.15, -0.1) is 0 Å². The third-order valence-electron chi connectivity index (χ3n) is 21.6. The van der Waals surface area contributed by atoms with E-state index in [9.17, 15) is 53.5 Å². The van der Waals surface area contributed by atoms with Gasteiger partial charge in [-0.05, 0) is 217 Å². The van der Waals surface area contributed by atoms with E-state index in [-0.39, 0.29) is 40.2 Å². The van der Waals surface area contributed by atoms with Crippen LogP contribution >= 0.6 is 0 Å². The lowest BCUT2D eigenvalue weighted by molar-refractivity contribution is -0.229. The number of ketones is 1. The molecule has 0 aromatic heterocycles. The van der Waals surface area contributed by atoms with Crippen molar-refractivity contribution < 1.29 is 81.9 Å². The fraction of sp³-hybridized carbons (Fsp3) is 0.381. The molecule has 10 aromatic carbocycles. The number of esters is 2. The maximum Gasteiger partial charge on any atom is 0.340 e. The molecule has 662 valence electrons. The lowest BCUT2D eigenvalue weighted by Crippen LogP contribution is -2.59. The van der Waals surface area contributed by atoms with E-state index in [1.54, 1.807) is 35.0 Å². The highest BCUT2D eigenvalue weighted by Gasteiger charge is 2.60. The first-order valence-electron chi connectivity index (χ1n) is 41.7. The summed E-state index contributed by atoms with van der Waals surface area (Å²) in [6.45, 7) is 9.35. The van der Waals surface area contributed by atoms with Crippen LogP contribution in [0.15, 0.2) is 298 Å². The fourth-order valence-corrected chi connectivity index (χ4v) is 28.6. The van der Waals surface area contributed by atoms with Gasteiger partial charge in [-0.2, -0.15) is 4.40 Å². The Kier molecular flexibility index (Phi) is 36.8. The molecule has 6 aliphatic rings. The van der Waals surface area contributed by atoms with E-state index in [1.807, 2.05) is 0 Å². The molecule has 124 heavy (non-hydrogen) atoms. The Labute approximate surface area is 743 Å². The molecule has 18 nitrogen and oxygen atoms in total. The summed E-state index contributed by atoms with van der Waals surface area (Å²) >= 11 is 0. The predicted molar refractivity (Wildman–Crippen MR) is 495 cm³/mol. The van der Waals surface area contributed by atoms with Crippen molar-refractivity contribution in [3.8, 4) is 11.5 Å². The number of sulfonamides is 3. The third kappa shape index (κ3) is 29.0. The number of nitrogens with zero attached hydrogens (tertiary/aromatic N) is 2. The Morgan fingerprint density at radius 1 is 0.508 bits per heavy atom. The molecule has 0 N–H and O–H groups in total. The Morgan fingerprint density at radius 2 is 0.863 bits per heavy atom. The number of Topliss-reactive ketones (excluding diaryl/α,β-unsaturated/α-hetero) is 1. The molecule has 2 saturated heterocycles. The maximum atomic E-state index is 13.1. The summed E-state index contributed by atoms with van der Waals surface area (Å²) in [5, 5.41) is 16.7. The number of halogens is 2. The summed E-state index contributed by atoms with van der Waals surface area (Å²) < 4.78 is 132. The summed E-state index contributed by atoms with van der Waals surface area (Å²) in [4.78, 5) is 46.0. The van der Waals surface area contributed by atoms with E-state index in [0.29, 0.717) is 80.2 Å². The number of rotatable bonds is 30. The second-order valence-corrected chi connectivity index (χ2v) is 45.6. The van der Waals surface area contributed by atoms with E-state index in [4.69, 9.17) is 28.4 Å². The molecule has 16 rings (SSSR count). The molecule has 0 spiro atoms. The number of benzene rings is 10. The number of hydrogen-bond donors (Lipinski definition) is 0. The molecule has 2 heterocycles. The predicted octanol–water partition coefficient (Wildman–Crippen LogP) is 18.7. The number of ether oxygens (including phenoxy) is 6. The molecule has 0 radical (unpaired) electrons. The second-order valence-electron chi connectivity index (χ2n) is 31.9.